The Balaban J connectivity index is 2.22. The molecule has 1 aliphatic carbocycles. The van der Waals surface area contributed by atoms with Gasteiger partial charge >= 0.3 is 0 Å². The summed E-state index contributed by atoms with van der Waals surface area (Å²) in [4.78, 5) is 13.1. The molecule has 3 rings (SSSR count). The summed E-state index contributed by atoms with van der Waals surface area (Å²) in [6.45, 7) is 1.00. The third kappa shape index (κ3) is 0.955. The summed E-state index contributed by atoms with van der Waals surface area (Å²) in [6.07, 6.45) is 3.58. The van der Waals surface area contributed by atoms with Crippen molar-refractivity contribution < 1.29 is 9.55 Å². The quantitative estimate of drug-likeness (QED) is 0.496. The molecular weight excluding hydrogens is 212 g/mol. The highest BCUT2D eigenvalue weighted by Gasteiger charge is 2.61. The molecule has 2 aliphatic rings. The maximum atomic E-state index is 11.4. The third-order valence-corrected chi connectivity index (χ3v) is 3.37. The molecule has 0 N–H and O–H groups in total. The van der Waals surface area contributed by atoms with Gasteiger partial charge in [-0.15, -0.1) is 0 Å². The molecule has 1 fully saturated rings. The lowest BCUT2D eigenvalue weighted by Gasteiger charge is -2.24. The second kappa shape index (κ2) is 2.88. The number of likely N-dealkylation sites (tertiary alicyclic amines) is 1. The Hall–Kier alpha value is -1.76. The number of hydrogen-bond acceptors (Lipinski definition) is 6. The highest BCUT2D eigenvalue weighted by Crippen LogP contribution is 2.43. The van der Waals surface area contributed by atoms with Gasteiger partial charge in [-0.3, -0.25) is 15.0 Å². The molecular formula is C9H10N4O3. The lowest BCUT2D eigenvalue weighted by atomic mass is 9.80. The molecule has 0 aromatic carbocycles. The van der Waals surface area contributed by atoms with E-state index in [9.17, 15) is 10.1 Å². The number of likely N-dealkylation sites (N-methyl/N-ethyl adjacent to an activating group) is 1. The van der Waals surface area contributed by atoms with Crippen LogP contribution in [0.15, 0.2) is 10.7 Å². The van der Waals surface area contributed by atoms with Crippen molar-refractivity contribution in [3.8, 4) is 0 Å². The van der Waals surface area contributed by atoms with Gasteiger partial charge in [0.2, 0.25) is 0 Å². The fourth-order valence-corrected chi connectivity index (χ4v) is 2.64. The Morgan fingerprint density at radius 2 is 2.50 bits per heavy atom. The van der Waals surface area contributed by atoms with E-state index in [0.717, 1.165) is 0 Å². The molecule has 0 unspecified atom stereocenters. The van der Waals surface area contributed by atoms with Crippen LogP contribution in [0.1, 0.15) is 11.4 Å². The van der Waals surface area contributed by atoms with E-state index >= 15 is 0 Å². The molecule has 2 heterocycles. The minimum absolute atomic E-state index is 0.160. The van der Waals surface area contributed by atoms with E-state index in [2.05, 4.69) is 14.9 Å². The topological polar surface area (TPSA) is 85.3 Å². The van der Waals surface area contributed by atoms with Gasteiger partial charge in [-0.1, -0.05) is 6.08 Å². The molecule has 0 radical (unpaired) electrons. The Labute approximate surface area is 90.8 Å². The lowest BCUT2D eigenvalue weighted by molar-refractivity contribution is -0.582. The molecule has 1 aromatic heterocycles. The highest BCUT2D eigenvalue weighted by atomic mass is 16.6. The number of nitrogens with zero attached hydrogens (tertiary/aromatic N) is 4. The molecule has 16 heavy (non-hydrogen) atoms. The molecule has 0 amide bonds. The fraction of sp³-hybridized carbons (Fsp3) is 0.556. The number of fused-ring (bicyclic) bond motifs is 3. The standard InChI is InChI=1S/C9H10N4O3/c1-12-4-6-2-3-7-8(11-16-10-7)9(6,5-12)13(14)15/h2-3,6H,4-5H2,1H3/t6-,9-/m0/s1. The van der Waals surface area contributed by atoms with E-state index in [0.29, 0.717) is 24.5 Å². The highest BCUT2D eigenvalue weighted by molar-refractivity contribution is 5.53. The SMILES string of the molecule is CN1C[C@@H]2C=Cc3nonc3[C@]2([N+](=O)[O-])C1. The van der Waals surface area contributed by atoms with E-state index < -0.39 is 5.54 Å². The monoisotopic (exact) mass is 222 g/mol. The first-order valence-corrected chi connectivity index (χ1v) is 4.99. The first-order valence-electron chi connectivity index (χ1n) is 4.99. The molecule has 7 nitrogen and oxygen atoms in total. The molecule has 84 valence electrons. The fourth-order valence-electron chi connectivity index (χ4n) is 2.64. The minimum Gasteiger partial charge on any atom is -0.298 e. The number of hydrogen-bond donors (Lipinski definition) is 0. The van der Waals surface area contributed by atoms with Gasteiger partial charge < -0.3 is 0 Å². The summed E-state index contributed by atoms with van der Waals surface area (Å²) < 4.78 is 4.61. The normalized spacial score (nSPS) is 32.4. The Kier molecular flexibility index (Phi) is 1.70. The van der Waals surface area contributed by atoms with Crippen molar-refractivity contribution in [3.63, 3.8) is 0 Å². The van der Waals surface area contributed by atoms with E-state index in [1.165, 1.54) is 0 Å². The van der Waals surface area contributed by atoms with E-state index in [1.807, 2.05) is 18.0 Å². The molecule has 1 aliphatic heterocycles. The largest absolute Gasteiger partial charge is 0.298 e. The van der Waals surface area contributed by atoms with E-state index in [4.69, 9.17) is 0 Å². The van der Waals surface area contributed by atoms with Crippen LogP contribution in [0.3, 0.4) is 0 Å². The summed E-state index contributed by atoms with van der Waals surface area (Å²) in [6, 6.07) is 0. The van der Waals surface area contributed by atoms with Crippen molar-refractivity contribution >= 4 is 6.08 Å². The Bertz CT molecular complexity index is 483. The maximum absolute atomic E-state index is 11.4. The molecule has 0 bridgehead atoms. The van der Waals surface area contributed by atoms with Gasteiger partial charge in [0.15, 0.2) is 5.69 Å². The summed E-state index contributed by atoms with van der Waals surface area (Å²) in [5, 5.41) is 18.8. The zero-order valence-electron chi connectivity index (χ0n) is 8.66. The zero-order chi connectivity index (χ0) is 11.3. The summed E-state index contributed by atoms with van der Waals surface area (Å²) in [7, 11) is 1.87. The van der Waals surface area contributed by atoms with Crippen molar-refractivity contribution in [1.29, 1.82) is 0 Å². The van der Waals surface area contributed by atoms with Crippen LogP contribution in [-0.4, -0.2) is 40.3 Å². The molecule has 7 heteroatoms. The van der Waals surface area contributed by atoms with Gasteiger partial charge in [0.25, 0.3) is 5.54 Å². The molecule has 1 aromatic rings. The summed E-state index contributed by atoms with van der Waals surface area (Å²) in [5.41, 5.74) is -0.351. The van der Waals surface area contributed by atoms with Crippen LogP contribution >= 0.6 is 0 Å². The van der Waals surface area contributed by atoms with Crippen molar-refractivity contribution in [2.75, 3.05) is 20.1 Å². The predicted octanol–water partition coefficient (Wildman–Crippen LogP) is 0.130. The summed E-state index contributed by atoms with van der Waals surface area (Å²) in [5.74, 6) is -0.160. The van der Waals surface area contributed by atoms with Crippen molar-refractivity contribution in [2.24, 2.45) is 5.92 Å². The lowest BCUT2D eigenvalue weighted by Crippen LogP contribution is -2.44. The van der Waals surface area contributed by atoms with E-state index in [1.54, 1.807) is 6.08 Å². The number of aromatic nitrogens is 2. The van der Waals surface area contributed by atoms with Crippen LogP contribution < -0.4 is 0 Å². The molecule has 0 saturated carbocycles. The van der Waals surface area contributed by atoms with Crippen molar-refractivity contribution in [2.45, 2.75) is 5.54 Å². The van der Waals surface area contributed by atoms with Gasteiger partial charge in [0.1, 0.15) is 5.69 Å². The van der Waals surface area contributed by atoms with Gasteiger partial charge in [0.05, 0.1) is 12.5 Å². The second-order valence-electron chi connectivity index (χ2n) is 4.34. The Morgan fingerprint density at radius 3 is 3.25 bits per heavy atom. The number of nitro groups is 1. The van der Waals surface area contributed by atoms with E-state index in [-0.39, 0.29) is 10.8 Å². The maximum Gasteiger partial charge on any atom is 0.288 e. The van der Waals surface area contributed by atoms with Gasteiger partial charge in [0, 0.05) is 11.5 Å². The predicted molar refractivity (Wildman–Crippen MR) is 53.0 cm³/mol. The van der Waals surface area contributed by atoms with Crippen LogP contribution in [0.5, 0.6) is 0 Å². The van der Waals surface area contributed by atoms with Gasteiger partial charge in [-0.25, -0.2) is 4.63 Å². The van der Waals surface area contributed by atoms with Gasteiger partial charge in [-0.2, -0.15) is 0 Å². The minimum atomic E-state index is -1.18. The van der Waals surface area contributed by atoms with Crippen LogP contribution in [0.2, 0.25) is 0 Å². The molecule has 1 saturated heterocycles. The average Bonchev–Trinajstić information content (AvgIpc) is 2.79. The number of rotatable bonds is 1. The van der Waals surface area contributed by atoms with Crippen LogP contribution in [-0.2, 0) is 5.54 Å². The Morgan fingerprint density at radius 1 is 1.69 bits per heavy atom. The zero-order valence-corrected chi connectivity index (χ0v) is 8.66. The molecule has 2 atom stereocenters. The first kappa shape index (κ1) is 9.46. The first-order chi connectivity index (χ1) is 7.64. The van der Waals surface area contributed by atoms with Gasteiger partial charge in [-0.05, 0) is 23.4 Å². The third-order valence-electron chi connectivity index (χ3n) is 3.37. The molecule has 0 spiro atoms. The smallest absolute Gasteiger partial charge is 0.288 e. The van der Waals surface area contributed by atoms with Crippen LogP contribution in [0, 0.1) is 16.0 Å². The average molecular weight is 222 g/mol. The summed E-state index contributed by atoms with van der Waals surface area (Å²) >= 11 is 0. The second-order valence-corrected chi connectivity index (χ2v) is 4.34. The van der Waals surface area contributed by atoms with Crippen LogP contribution in [0.25, 0.3) is 6.08 Å². The van der Waals surface area contributed by atoms with Crippen LogP contribution in [0.4, 0.5) is 0 Å². The van der Waals surface area contributed by atoms with Crippen molar-refractivity contribution in [1.82, 2.24) is 15.2 Å². The van der Waals surface area contributed by atoms with Crippen molar-refractivity contribution in [3.05, 3.63) is 27.6 Å².